The molecule has 1 spiro atoms. The highest BCUT2D eigenvalue weighted by molar-refractivity contribution is 8.15. The maximum atomic E-state index is 13.7. The minimum absolute atomic E-state index is 0.204. The number of hydrogen-bond donors (Lipinski definition) is 1. The molecule has 2 aliphatic rings. The second kappa shape index (κ2) is 6.67. The number of carbonyl (C=O) groups is 3. The molecule has 1 atom stereocenters. The van der Waals surface area contributed by atoms with Crippen molar-refractivity contribution in [2.45, 2.75) is 46.4 Å². The minimum Gasteiger partial charge on any atom is -0.308 e. The maximum Gasteiger partial charge on any atom is 0.270 e. The van der Waals surface area contributed by atoms with E-state index in [1.807, 2.05) is 39.8 Å². The standard InChI is InChI=1S/C19H24N4O3S/c1-10(2)9-22-16-12(4)7-11(3)8-15(16)19(17(22)26)23(14(6)25)21-18(27-19)20-13(5)24/h7-8,10H,9H2,1-6H3,(H,20,21,24)/t19-/m1/s1. The molecular formula is C19H24N4O3S. The van der Waals surface area contributed by atoms with Gasteiger partial charge in [-0.15, -0.1) is 5.10 Å². The summed E-state index contributed by atoms with van der Waals surface area (Å²) in [6.07, 6.45) is 0. The molecule has 1 aromatic carbocycles. The van der Waals surface area contributed by atoms with E-state index >= 15 is 0 Å². The summed E-state index contributed by atoms with van der Waals surface area (Å²) < 4.78 is 0. The van der Waals surface area contributed by atoms with E-state index in [0.717, 1.165) is 34.1 Å². The van der Waals surface area contributed by atoms with E-state index in [-0.39, 0.29) is 28.8 Å². The van der Waals surface area contributed by atoms with Crippen LogP contribution in [0, 0.1) is 19.8 Å². The molecule has 8 heteroatoms. The fraction of sp³-hybridized carbons (Fsp3) is 0.474. The first-order valence-corrected chi connectivity index (χ1v) is 9.69. The number of nitrogens with zero attached hydrogens (tertiary/aromatic N) is 3. The van der Waals surface area contributed by atoms with Crippen molar-refractivity contribution in [3.63, 3.8) is 0 Å². The largest absolute Gasteiger partial charge is 0.308 e. The summed E-state index contributed by atoms with van der Waals surface area (Å²) in [6.45, 7) is 11.3. The number of benzene rings is 1. The first-order chi connectivity index (χ1) is 12.6. The lowest BCUT2D eigenvalue weighted by Crippen LogP contribution is -2.49. The van der Waals surface area contributed by atoms with Crippen LogP contribution in [0.3, 0.4) is 0 Å². The Morgan fingerprint density at radius 3 is 2.48 bits per heavy atom. The van der Waals surface area contributed by atoms with Crippen LogP contribution in [0.4, 0.5) is 5.69 Å². The van der Waals surface area contributed by atoms with Crippen molar-refractivity contribution in [3.05, 3.63) is 28.8 Å². The number of carbonyl (C=O) groups excluding carboxylic acids is 3. The highest BCUT2D eigenvalue weighted by Crippen LogP contribution is 2.55. The van der Waals surface area contributed by atoms with Crippen molar-refractivity contribution in [2.75, 3.05) is 11.4 Å². The van der Waals surface area contributed by atoms with Crippen molar-refractivity contribution in [1.82, 2.24) is 10.3 Å². The molecule has 0 radical (unpaired) electrons. The molecule has 2 heterocycles. The Balaban J connectivity index is 2.22. The molecule has 2 aliphatic heterocycles. The third kappa shape index (κ3) is 3.01. The Labute approximate surface area is 163 Å². The summed E-state index contributed by atoms with van der Waals surface area (Å²) >= 11 is 1.12. The van der Waals surface area contributed by atoms with Gasteiger partial charge in [0.05, 0.1) is 5.69 Å². The van der Waals surface area contributed by atoms with Gasteiger partial charge in [0, 0.05) is 26.0 Å². The fourth-order valence-electron chi connectivity index (χ4n) is 3.68. The van der Waals surface area contributed by atoms with Crippen LogP contribution in [0.1, 0.15) is 44.4 Å². The summed E-state index contributed by atoms with van der Waals surface area (Å²) in [5.41, 5.74) is 3.56. The van der Waals surface area contributed by atoms with Crippen LogP contribution in [0.25, 0.3) is 0 Å². The minimum atomic E-state index is -1.31. The van der Waals surface area contributed by atoms with Crippen molar-refractivity contribution < 1.29 is 14.4 Å². The van der Waals surface area contributed by atoms with E-state index in [1.54, 1.807) is 4.90 Å². The molecule has 7 nitrogen and oxygen atoms in total. The molecule has 3 amide bonds. The van der Waals surface area contributed by atoms with Gasteiger partial charge in [0.25, 0.3) is 5.91 Å². The number of hydrazone groups is 1. The van der Waals surface area contributed by atoms with Crippen LogP contribution in [-0.4, -0.2) is 34.4 Å². The number of hydrogen-bond acceptors (Lipinski definition) is 5. The van der Waals surface area contributed by atoms with Gasteiger partial charge in [-0.2, -0.15) is 5.01 Å². The topological polar surface area (TPSA) is 82.1 Å². The van der Waals surface area contributed by atoms with Gasteiger partial charge in [-0.1, -0.05) is 31.5 Å². The van der Waals surface area contributed by atoms with Crippen molar-refractivity contribution in [2.24, 2.45) is 11.0 Å². The molecule has 0 bridgehead atoms. The highest BCUT2D eigenvalue weighted by atomic mass is 32.2. The quantitative estimate of drug-likeness (QED) is 0.844. The Morgan fingerprint density at radius 1 is 1.26 bits per heavy atom. The second-order valence-corrected chi connectivity index (χ2v) is 8.63. The molecule has 0 aromatic heterocycles. The van der Waals surface area contributed by atoms with Crippen molar-refractivity contribution in [1.29, 1.82) is 0 Å². The number of amides is 3. The third-order valence-corrected chi connectivity index (χ3v) is 5.72. The van der Waals surface area contributed by atoms with E-state index in [1.165, 1.54) is 18.9 Å². The predicted molar refractivity (Wildman–Crippen MR) is 106 cm³/mol. The molecule has 0 unspecified atom stereocenters. The smallest absolute Gasteiger partial charge is 0.270 e. The van der Waals surface area contributed by atoms with Gasteiger partial charge in [0.2, 0.25) is 16.7 Å². The van der Waals surface area contributed by atoms with E-state index < -0.39 is 4.87 Å². The van der Waals surface area contributed by atoms with Crippen LogP contribution in [-0.2, 0) is 19.3 Å². The fourth-order valence-corrected chi connectivity index (χ4v) is 4.99. The first kappa shape index (κ1) is 19.4. The molecule has 0 fully saturated rings. The van der Waals surface area contributed by atoms with Crippen LogP contribution < -0.4 is 10.2 Å². The number of thioether (sulfide) groups is 1. The van der Waals surface area contributed by atoms with Gasteiger partial charge in [-0.3, -0.25) is 14.4 Å². The number of anilines is 1. The van der Waals surface area contributed by atoms with Crippen molar-refractivity contribution in [3.8, 4) is 0 Å². The Bertz CT molecular complexity index is 880. The molecule has 27 heavy (non-hydrogen) atoms. The van der Waals surface area contributed by atoms with Gasteiger partial charge in [-0.05, 0) is 37.1 Å². The monoisotopic (exact) mass is 388 g/mol. The number of fused-ring (bicyclic) bond motifs is 2. The molecule has 0 saturated carbocycles. The SMILES string of the molecule is CC(=O)NC1=NN(C(C)=O)[C@]2(S1)C(=O)N(CC(C)C)c1c(C)cc(C)cc12. The molecule has 3 rings (SSSR count). The zero-order valence-electron chi connectivity index (χ0n) is 16.4. The molecule has 1 N–H and O–H groups in total. The van der Waals surface area contributed by atoms with Crippen molar-refractivity contribution >= 4 is 40.3 Å². The van der Waals surface area contributed by atoms with E-state index in [4.69, 9.17) is 0 Å². The third-order valence-electron chi connectivity index (χ3n) is 4.48. The van der Waals surface area contributed by atoms with E-state index in [2.05, 4.69) is 10.4 Å². The molecule has 0 aliphatic carbocycles. The Morgan fingerprint density at radius 2 is 1.93 bits per heavy atom. The average Bonchev–Trinajstić information content (AvgIpc) is 3.00. The van der Waals surface area contributed by atoms with Gasteiger partial charge < -0.3 is 10.2 Å². The van der Waals surface area contributed by atoms with E-state index in [0.29, 0.717) is 6.54 Å². The second-order valence-electron chi connectivity index (χ2n) is 7.45. The lowest BCUT2D eigenvalue weighted by molar-refractivity contribution is -0.139. The lowest BCUT2D eigenvalue weighted by Gasteiger charge is -2.30. The summed E-state index contributed by atoms with van der Waals surface area (Å²) in [5, 5.41) is 8.36. The van der Waals surface area contributed by atoms with Crippen LogP contribution in [0.2, 0.25) is 0 Å². The zero-order valence-corrected chi connectivity index (χ0v) is 17.2. The summed E-state index contributed by atoms with van der Waals surface area (Å²) in [5.74, 6) is -0.602. The van der Waals surface area contributed by atoms with Gasteiger partial charge in [-0.25, -0.2) is 0 Å². The number of amidine groups is 1. The van der Waals surface area contributed by atoms with Crippen LogP contribution >= 0.6 is 11.8 Å². The summed E-state index contributed by atoms with van der Waals surface area (Å²) in [4.78, 5) is 38.0. The highest BCUT2D eigenvalue weighted by Gasteiger charge is 2.61. The van der Waals surface area contributed by atoms with E-state index in [9.17, 15) is 14.4 Å². The van der Waals surface area contributed by atoms with Gasteiger partial charge >= 0.3 is 0 Å². The summed E-state index contributed by atoms with van der Waals surface area (Å²) in [6, 6.07) is 3.97. The first-order valence-electron chi connectivity index (χ1n) is 8.87. The number of rotatable bonds is 2. The number of aryl methyl sites for hydroxylation is 2. The molecule has 1 aromatic rings. The normalized spacial score (nSPS) is 21.1. The lowest BCUT2D eigenvalue weighted by atomic mass is 10.0. The Kier molecular flexibility index (Phi) is 4.80. The molecule has 144 valence electrons. The maximum absolute atomic E-state index is 13.7. The Hall–Kier alpha value is -2.35. The predicted octanol–water partition coefficient (Wildman–Crippen LogP) is 2.46. The molecular weight excluding hydrogens is 364 g/mol. The number of nitrogens with one attached hydrogen (secondary N) is 1. The van der Waals surface area contributed by atoms with Gasteiger partial charge in [0.15, 0.2) is 5.17 Å². The summed E-state index contributed by atoms with van der Waals surface area (Å²) in [7, 11) is 0. The average molecular weight is 388 g/mol. The molecule has 0 saturated heterocycles. The van der Waals surface area contributed by atoms with Crippen LogP contribution in [0.5, 0.6) is 0 Å². The zero-order chi connectivity index (χ0) is 20.1. The van der Waals surface area contributed by atoms with Gasteiger partial charge in [0.1, 0.15) is 0 Å². The van der Waals surface area contributed by atoms with Crippen LogP contribution in [0.15, 0.2) is 17.2 Å².